The molecule has 0 unspecified atom stereocenters. The highest BCUT2D eigenvalue weighted by Gasteiger charge is 2.20. The zero-order chi connectivity index (χ0) is 18.2. The summed E-state index contributed by atoms with van der Waals surface area (Å²) in [6.45, 7) is 3.81. The van der Waals surface area contributed by atoms with Gasteiger partial charge in [0.2, 0.25) is 5.91 Å². The van der Waals surface area contributed by atoms with Gasteiger partial charge in [-0.05, 0) is 29.5 Å². The number of nitrogens with zero attached hydrogens (tertiary/aromatic N) is 1. The number of hydrogen-bond donors (Lipinski definition) is 1. The van der Waals surface area contributed by atoms with E-state index in [0.29, 0.717) is 12.5 Å². The molecule has 1 aliphatic heterocycles. The molecule has 1 aliphatic rings. The first kappa shape index (κ1) is 18.6. The van der Waals surface area contributed by atoms with Crippen LogP contribution in [0.4, 0.5) is 0 Å². The first-order chi connectivity index (χ1) is 12.7. The average Bonchev–Trinajstić information content (AvgIpc) is 2.69. The smallest absolute Gasteiger partial charge is 0.224 e. The Balaban J connectivity index is 1.45. The minimum atomic E-state index is 0.118. The van der Waals surface area contributed by atoms with Crippen molar-refractivity contribution < 1.29 is 9.53 Å². The molecule has 1 amide bonds. The minimum Gasteiger partial charge on any atom is -0.383 e. The van der Waals surface area contributed by atoms with Gasteiger partial charge < -0.3 is 15.0 Å². The van der Waals surface area contributed by atoms with E-state index < -0.39 is 0 Å². The van der Waals surface area contributed by atoms with Crippen LogP contribution in [-0.4, -0.2) is 50.2 Å². The van der Waals surface area contributed by atoms with E-state index in [1.165, 1.54) is 11.1 Å². The molecule has 2 aromatic rings. The van der Waals surface area contributed by atoms with Crippen LogP contribution < -0.4 is 5.32 Å². The lowest BCUT2D eigenvalue weighted by Crippen LogP contribution is -2.45. The van der Waals surface area contributed by atoms with Gasteiger partial charge in [0.25, 0.3) is 0 Å². The van der Waals surface area contributed by atoms with Gasteiger partial charge in [0.05, 0.1) is 13.0 Å². The molecule has 0 aliphatic carbocycles. The molecule has 26 heavy (non-hydrogen) atoms. The van der Waals surface area contributed by atoms with E-state index >= 15 is 0 Å². The Morgan fingerprint density at radius 1 is 1.04 bits per heavy atom. The number of ether oxygens (including phenoxy) is 1. The van der Waals surface area contributed by atoms with Crippen molar-refractivity contribution in [2.24, 2.45) is 0 Å². The monoisotopic (exact) mass is 352 g/mol. The van der Waals surface area contributed by atoms with Gasteiger partial charge in [-0.15, -0.1) is 0 Å². The molecule has 4 nitrogen and oxygen atoms in total. The van der Waals surface area contributed by atoms with Gasteiger partial charge in [0.15, 0.2) is 0 Å². The van der Waals surface area contributed by atoms with Gasteiger partial charge in [-0.25, -0.2) is 0 Å². The summed E-state index contributed by atoms with van der Waals surface area (Å²) >= 11 is 0. The second-order valence-electron chi connectivity index (χ2n) is 6.92. The second kappa shape index (κ2) is 9.51. The second-order valence-corrected chi connectivity index (χ2v) is 6.92. The van der Waals surface area contributed by atoms with Crippen LogP contribution in [0.15, 0.2) is 54.6 Å². The normalized spacial score (nSPS) is 15.7. The van der Waals surface area contributed by atoms with Gasteiger partial charge in [0, 0.05) is 32.8 Å². The number of carbonyl (C=O) groups is 1. The van der Waals surface area contributed by atoms with Crippen molar-refractivity contribution in [3.05, 3.63) is 60.2 Å². The lowest BCUT2D eigenvalue weighted by Gasteiger charge is -2.32. The summed E-state index contributed by atoms with van der Waals surface area (Å²) in [5.74, 6) is 0.118. The lowest BCUT2D eigenvalue weighted by atomic mass is 10.0. The van der Waals surface area contributed by atoms with E-state index in [4.69, 9.17) is 4.74 Å². The molecule has 0 saturated carbocycles. The number of piperidine rings is 1. The maximum Gasteiger partial charge on any atom is 0.224 e. The zero-order valence-electron chi connectivity index (χ0n) is 15.5. The molecule has 1 heterocycles. The average molecular weight is 352 g/mol. The fourth-order valence-corrected chi connectivity index (χ4v) is 3.43. The highest BCUT2D eigenvalue weighted by molar-refractivity contribution is 5.79. The molecule has 3 rings (SSSR count). The van der Waals surface area contributed by atoms with Crippen molar-refractivity contribution in [2.75, 3.05) is 33.4 Å². The van der Waals surface area contributed by atoms with Gasteiger partial charge >= 0.3 is 0 Å². The summed E-state index contributed by atoms with van der Waals surface area (Å²) in [6, 6.07) is 18.9. The van der Waals surface area contributed by atoms with Crippen molar-refractivity contribution in [2.45, 2.75) is 25.3 Å². The Morgan fingerprint density at radius 2 is 1.69 bits per heavy atom. The fraction of sp³-hybridized carbons (Fsp3) is 0.409. The third kappa shape index (κ3) is 5.41. The topological polar surface area (TPSA) is 41.6 Å². The Labute approximate surface area is 156 Å². The molecule has 1 saturated heterocycles. The van der Waals surface area contributed by atoms with E-state index in [2.05, 4.69) is 46.6 Å². The van der Waals surface area contributed by atoms with Crippen molar-refractivity contribution in [1.29, 1.82) is 0 Å². The van der Waals surface area contributed by atoms with Crippen LogP contribution in [0.3, 0.4) is 0 Å². The van der Waals surface area contributed by atoms with E-state index in [1.807, 2.05) is 18.2 Å². The van der Waals surface area contributed by atoms with E-state index in [9.17, 15) is 4.79 Å². The molecule has 138 valence electrons. The Hall–Kier alpha value is -2.17. The Kier molecular flexibility index (Phi) is 6.81. The summed E-state index contributed by atoms with van der Waals surface area (Å²) in [5, 5.41) is 3.19. The van der Waals surface area contributed by atoms with Crippen molar-refractivity contribution in [1.82, 2.24) is 10.2 Å². The quantitative estimate of drug-likeness (QED) is 0.832. The maximum absolute atomic E-state index is 12.3. The van der Waals surface area contributed by atoms with Gasteiger partial charge in [-0.3, -0.25) is 4.79 Å². The standard InChI is InChI=1S/C22H28N2O2/c1-26-16-15-24-13-11-21(12-14-24)23-22(25)17-18-7-9-20(10-8-18)19-5-3-2-4-6-19/h2-10,21H,11-17H2,1H3,(H,23,25). The summed E-state index contributed by atoms with van der Waals surface area (Å²) in [7, 11) is 1.74. The Morgan fingerprint density at radius 3 is 2.35 bits per heavy atom. The molecule has 0 radical (unpaired) electrons. The van der Waals surface area contributed by atoms with Gasteiger partial charge in [0.1, 0.15) is 0 Å². The molecule has 2 aromatic carbocycles. The molecule has 0 bridgehead atoms. The third-order valence-corrected chi connectivity index (χ3v) is 4.99. The number of methoxy groups -OCH3 is 1. The van der Waals surface area contributed by atoms with Crippen molar-refractivity contribution >= 4 is 5.91 Å². The largest absolute Gasteiger partial charge is 0.383 e. The van der Waals surface area contributed by atoms with Crippen molar-refractivity contribution in [3.8, 4) is 11.1 Å². The number of hydrogen-bond acceptors (Lipinski definition) is 3. The first-order valence-electron chi connectivity index (χ1n) is 9.39. The van der Waals surface area contributed by atoms with Crippen LogP contribution in [0.2, 0.25) is 0 Å². The van der Waals surface area contributed by atoms with E-state index in [1.54, 1.807) is 7.11 Å². The SMILES string of the molecule is COCCN1CCC(NC(=O)Cc2ccc(-c3ccccc3)cc2)CC1. The zero-order valence-corrected chi connectivity index (χ0v) is 15.5. The number of nitrogens with one attached hydrogen (secondary N) is 1. The highest BCUT2D eigenvalue weighted by Crippen LogP contribution is 2.19. The van der Waals surface area contributed by atoms with E-state index in [0.717, 1.165) is 44.6 Å². The summed E-state index contributed by atoms with van der Waals surface area (Å²) in [4.78, 5) is 14.7. The van der Waals surface area contributed by atoms with Crippen LogP contribution in [0, 0.1) is 0 Å². The van der Waals surface area contributed by atoms with Crippen LogP contribution in [-0.2, 0) is 16.0 Å². The molecule has 1 N–H and O–H groups in total. The summed E-state index contributed by atoms with van der Waals surface area (Å²) in [6.07, 6.45) is 2.48. The molecular formula is C22H28N2O2. The number of carbonyl (C=O) groups excluding carboxylic acids is 1. The maximum atomic E-state index is 12.3. The van der Waals surface area contributed by atoms with Crippen LogP contribution in [0.25, 0.3) is 11.1 Å². The molecule has 0 aromatic heterocycles. The predicted molar refractivity (Wildman–Crippen MR) is 105 cm³/mol. The predicted octanol–water partition coefficient (Wildman–Crippen LogP) is 3.12. The Bertz CT molecular complexity index is 677. The highest BCUT2D eigenvalue weighted by atomic mass is 16.5. The van der Waals surface area contributed by atoms with E-state index in [-0.39, 0.29) is 5.91 Å². The molecule has 0 atom stereocenters. The van der Waals surface area contributed by atoms with Crippen LogP contribution in [0.1, 0.15) is 18.4 Å². The summed E-state index contributed by atoms with van der Waals surface area (Å²) < 4.78 is 5.13. The molecule has 1 fully saturated rings. The number of benzene rings is 2. The van der Waals surface area contributed by atoms with Gasteiger partial charge in [-0.2, -0.15) is 0 Å². The molecule has 4 heteroatoms. The minimum absolute atomic E-state index is 0.118. The number of rotatable bonds is 7. The van der Waals surface area contributed by atoms with Crippen LogP contribution >= 0.6 is 0 Å². The number of amides is 1. The van der Waals surface area contributed by atoms with Crippen molar-refractivity contribution in [3.63, 3.8) is 0 Å². The fourth-order valence-electron chi connectivity index (χ4n) is 3.43. The third-order valence-electron chi connectivity index (χ3n) is 4.99. The lowest BCUT2D eigenvalue weighted by molar-refractivity contribution is -0.121. The van der Waals surface area contributed by atoms with Crippen LogP contribution in [0.5, 0.6) is 0 Å². The molecule has 0 spiro atoms. The summed E-state index contributed by atoms with van der Waals surface area (Å²) in [5.41, 5.74) is 3.43. The first-order valence-corrected chi connectivity index (χ1v) is 9.39. The molecular weight excluding hydrogens is 324 g/mol. The number of likely N-dealkylation sites (tertiary alicyclic amines) is 1. The van der Waals surface area contributed by atoms with Gasteiger partial charge in [-0.1, -0.05) is 54.6 Å².